The smallest absolute Gasteiger partial charge is 0.224 e. The highest BCUT2D eigenvalue weighted by Gasteiger charge is 2.27. The van der Waals surface area contributed by atoms with Gasteiger partial charge in [-0.3, -0.25) is 4.57 Å². The first-order valence-corrected chi connectivity index (χ1v) is 9.74. The zero-order chi connectivity index (χ0) is 28.5. The number of fused-ring (bicyclic) bond motifs is 1. The Kier molecular flexibility index (Phi) is 3.81. The molecule has 0 bridgehead atoms. The minimum atomic E-state index is -3.09. The summed E-state index contributed by atoms with van der Waals surface area (Å²) in [4.78, 5) is 12.6. The molecule has 4 atom stereocenters. The average Bonchev–Trinajstić information content (AvgIpc) is 3.46. The molecule has 2 fully saturated rings. The zero-order valence-electron chi connectivity index (χ0n) is 23.5. The summed E-state index contributed by atoms with van der Waals surface area (Å²) in [6.45, 7) is 0.535. The van der Waals surface area contributed by atoms with Crippen molar-refractivity contribution in [3.63, 3.8) is 0 Å². The molecule has 3 N–H and O–H groups in total. The third kappa shape index (κ3) is 4.09. The minimum absolute atomic E-state index is 0.0633. The van der Waals surface area contributed by atoms with E-state index in [0.717, 1.165) is 6.20 Å². The van der Waals surface area contributed by atoms with E-state index in [1.807, 2.05) is 0 Å². The van der Waals surface area contributed by atoms with Crippen LogP contribution in [0.25, 0.3) is 11.2 Å². The lowest BCUT2D eigenvalue weighted by Crippen LogP contribution is -2.29. The number of hydrogen-bond acceptors (Lipinski definition) is 7. The molecular formula is C21H23F3N6O2. The van der Waals surface area contributed by atoms with Crippen molar-refractivity contribution in [3.05, 3.63) is 35.8 Å². The third-order valence-electron chi connectivity index (χ3n) is 5.01. The van der Waals surface area contributed by atoms with Crippen LogP contribution in [-0.4, -0.2) is 49.9 Å². The number of ether oxygens (including phenoxy) is 1. The molecule has 5 rings (SSSR count). The van der Waals surface area contributed by atoms with Crippen LogP contribution in [0.1, 0.15) is 47.6 Å². The number of halogens is 3. The highest BCUT2D eigenvalue weighted by atomic mass is 19.1. The summed E-state index contributed by atoms with van der Waals surface area (Å²) in [7, 11) is 0. The van der Waals surface area contributed by atoms with Crippen LogP contribution in [0.15, 0.2) is 18.3 Å². The molecule has 0 spiro atoms. The molecule has 170 valence electrons. The van der Waals surface area contributed by atoms with Crippen LogP contribution in [0.4, 0.5) is 30.8 Å². The van der Waals surface area contributed by atoms with Crippen molar-refractivity contribution >= 4 is 28.7 Å². The second-order valence-electron chi connectivity index (χ2n) is 7.23. The van der Waals surface area contributed by atoms with Gasteiger partial charge in [-0.05, 0) is 32.0 Å². The Hall–Kier alpha value is -2.92. The maximum absolute atomic E-state index is 14.4. The molecule has 3 heterocycles. The Morgan fingerprint density at radius 2 is 2.00 bits per heavy atom. The highest BCUT2D eigenvalue weighted by molar-refractivity contribution is 5.76. The summed E-state index contributed by atoms with van der Waals surface area (Å²) in [5.74, 6) is -4.05. The average molecular weight is 455 g/mol. The van der Waals surface area contributed by atoms with E-state index in [2.05, 4.69) is 25.6 Å². The zero-order valence-corrected chi connectivity index (χ0v) is 16.5. The number of benzene rings is 1. The van der Waals surface area contributed by atoms with Gasteiger partial charge in [0.2, 0.25) is 11.9 Å². The number of hydrogen-bond donors (Lipinski definition) is 3. The molecule has 11 heteroatoms. The van der Waals surface area contributed by atoms with E-state index in [-0.39, 0.29) is 23.7 Å². The van der Waals surface area contributed by atoms with Gasteiger partial charge in [0, 0.05) is 31.6 Å². The Balaban J connectivity index is 1.59. The Morgan fingerprint density at radius 1 is 1.19 bits per heavy atom. The Bertz CT molecular complexity index is 1420. The Labute approximate surface area is 191 Å². The standard InChI is InChI=1S/C21H23F3N6O2/c22-11-7-15(23)18(16(24)8-11)28-21-27-17-9-25-20(26-12-1-3-14(31)4-2-12)29-19(17)30(21)13-5-6-32-10-13/h7-9,12-14,31H,1-6,10H2,(H,27,28)(H,25,26,29)/i1D2,2D2,3D,12D,14D. The SMILES string of the molecule is [2H]C1C([2H])(O)CC([2H])([2H])C([2H])(Nc2ncc3nc(Nc4c(F)cc(F)cc4F)n(C4CCOC4)c3n2)C1([2H])[2H]. The second-order valence-corrected chi connectivity index (χ2v) is 7.23. The van der Waals surface area contributed by atoms with Gasteiger partial charge in [-0.15, -0.1) is 0 Å². The maximum atomic E-state index is 14.4. The van der Waals surface area contributed by atoms with Gasteiger partial charge in [-0.1, -0.05) is 0 Å². The number of imidazole rings is 1. The molecular weight excluding hydrogens is 425 g/mol. The van der Waals surface area contributed by atoms with Gasteiger partial charge in [0.15, 0.2) is 17.3 Å². The normalized spacial score (nSPS) is 36.8. The van der Waals surface area contributed by atoms with Gasteiger partial charge in [0.05, 0.1) is 27.7 Å². The fraction of sp³-hybridized carbons (Fsp3) is 0.476. The van der Waals surface area contributed by atoms with Gasteiger partial charge < -0.3 is 20.5 Å². The lowest BCUT2D eigenvalue weighted by molar-refractivity contribution is 0.126. The van der Waals surface area contributed by atoms with Crippen molar-refractivity contribution in [1.82, 2.24) is 19.5 Å². The first-order chi connectivity index (χ1) is 18.1. The summed E-state index contributed by atoms with van der Waals surface area (Å²) in [6.07, 6.45) is -10.4. The van der Waals surface area contributed by atoms with Crippen LogP contribution >= 0.6 is 0 Å². The quantitative estimate of drug-likeness (QED) is 0.540. The van der Waals surface area contributed by atoms with E-state index in [0.29, 0.717) is 25.2 Å². The number of aromatic nitrogens is 4. The monoisotopic (exact) mass is 455 g/mol. The molecule has 1 aliphatic carbocycles. The van der Waals surface area contributed by atoms with E-state index in [1.54, 1.807) is 0 Å². The molecule has 1 saturated heterocycles. The number of aliphatic hydroxyl groups is 1. The first kappa shape index (κ1) is 14.3. The van der Waals surface area contributed by atoms with Gasteiger partial charge in [-0.25, -0.2) is 23.1 Å². The molecule has 8 nitrogen and oxygen atoms in total. The van der Waals surface area contributed by atoms with Gasteiger partial charge in [-0.2, -0.15) is 4.98 Å². The molecule has 0 amide bonds. The van der Waals surface area contributed by atoms with Crippen molar-refractivity contribution in [2.75, 3.05) is 23.8 Å². The number of nitrogens with one attached hydrogen (secondary N) is 2. The van der Waals surface area contributed by atoms with Crippen LogP contribution < -0.4 is 10.6 Å². The number of rotatable bonds is 5. The van der Waals surface area contributed by atoms with E-state index in [9.17, 15) is 18.3 Å². The topological polar surface area (TPSA) is 97.1 Å². The molecule has 1 aliphatic heterocycles. The summed E-state index contributed by atoms with van der Waals surface area (Å²) in [5, 5.41) is 15.0. The molecule has 32 heavy (non-hydrogen) atoms. The van der Waals surface area contributed by atoms with Crippen LogP contribution in [0.5, 0.6) is 0 Å². The van der Waals surface area contributed by atoms with E-state index >= 15 is 0 Å². The number of anilines is 3. The molecule has 3 aromatic rings. The predicted molar refractivity (Wildman–Crippen MR) is 111 cm³/mol. The van der Waals surface area contributed by atoms with Crippen molar-refractivity contribution < 1.29 is 32.6 Å². The lowest BCUT2D eigenvalue weighted by Gasteiger charge is -2.26. The summed E-state index contributed by atoms with van der Waals surface area (Å²) >= 11 is 0. The first-order valence-electron chi connectivity index (χ1n) is 13.3. The van der Waals surface area contributed by atoms with E-state index < -0.39 is 72.8 Å². The third-order valence-corrected chi connectivity index (χ3v) is 5.01. The predicted octanol–water partition coefficient (Wildman–Crippen LogP) is 3.66. The number of nitrogens with zero attached hydrogens (tertiary/aromatic N) is 4. The lowest BCUT2D eigenvalue weighted by atomic mass is 9.93. The van der Waals surface area contributed by atoms with Crippen molar-refractivity contribution in [3.8, 4) is 0 Å². The van der Waals surface area contributed by atoms with Crippen molar-refractivity contribution in [1.29, 1.82) is 0 Å². The summed E-state index contributed by atoms with van der Waals surface area (Å²) < 4.78 is 107. The van der Waals surface area contributed by atoms with Crippen LogP contribution in [0.2, 0.25) is 0 Å². The fourth-order valence-corrected chi connectivity index (χ4v) is 3.51. The highest BCUT2D eigenvalue weighted by Crippen LogP contribution is 2.32. The molecule has 0 radical (unpaired) electrons. The molecule has 2 aliphatic rings. The van der Waals surface area contributed by atoms with Crippen LogP contribution in [0.3, 0.4) is 0 Å². The van der Waals surface area contributed by atoms with Gasteiger partial charge in [0.25, 0.3) is 0 Å². The van der Waals surface area contributed by atoms with Crippen molar-refractivity contribution in [2.45, 2.75) is 50.1 Å². The summed E-state index contributed by atoms with van der Waals surface area (Å²) in [6, 6.07) is -2.34. The largest absolute Gasteiger partial charge is 0.393 e. The molecule has 2 aromatic heterocycles. The molecule has 1 aromatic carbocycles. The fourth-order valence-electron chi connectivity index (χ4n) is 3.51. The molecule has 1 saturated carbocycles. The minimum Gasteiger partial charge on any atom is -0.393 e. The Morgan fingerprint density at radius 3 is 2.75 bits per heavy atom. The van der Waals surface area contributed by atoms with Gasteiger partial charge in [0.1, 0.15) is 17.0 Å². The molecule has 4 unspecified atom stereocenters. The summed E-state index contributed by atoms with van der Waals surface area (Å²) in [5.41, 5.74) is -0.491. The van der Waals surface area contributed by atoms with E-state index in [1.165, 1.54) is 4.57 Å². The van der Waals surface area contributed by atoms with E-state index in [4.69, 9.17) is 14.3 Å². The van der Waals surface area contributed by atoms with Crippen molar-refractivity contribution in [2.24, 2.45) is 0 Å². The van der Waals surface area contributed by atoms with Crippen LogP contribution in [-0.2, 0) is 4.74 Å². The van der Waals surface area contributed by atoms with Crippen LogP contribution in [0, 0.1) is 17.5 Å². The maximum Gasteiger partial charge on any atom is 0.224 e. The van der Waals surface area contributed by atoms with Gasteiger partial charge >= 0.3 is 0 Å². The second kappa shape index (κ2) is 8.55.